The molecule has 172 valence electrons. The third-order valence-corrected chi connectivity index (χ3v) is 4.68. The van der Waals surface area contributed by atoms with E-state index in [1.54, 1.807) is 17.0 Å². The van der Waals surface area contributed by atoms with Crippen molar-refractivity contribution in [3.63, 3.8) is 0 Å². The van der Waals surface area contributed by atoms with Crippen molar-refractivity contribution in [2.75, 3.05) is 19.6 Å². The molecule has 0 saturated carbocycles. The molecule has 10 heteroatoms. The van der Waals surface area contributed by atoms with Gasteiger partial charge in [0, 0.05) is 33.0 Å². The molecule has 1 rings (SSSR count). The number of likely N-dealkylation sites (N-methyl/N-ethyl adjacent to an activating group) is 1. The van der Waals surface area contributed by atoms with Crippen LogP contribution in [0.15, 0.2) is 29.3 Å². The molecule has 3 amide bonds. The maximum Gasteiger partial charge on any atom is 0.245 e. The van der Waals surface area contributed by atoms with Crippen LogP contribution in [0.3, 0.4) is 0 Å². The second kappa shape index (κ2) is 13.2. The number of hydrogen-bond acceptors (Lipinski definition) is 4. The molecule has 0 aliphatic rings. The van der Waals surface area contributed by atoms with Gasteiger partial charge in [-0.15, -0.1) is 0 Å². The molecule has 31 heavy (non-hydrogen) atoms. The zero-order valence-electron chi connectivity index (χ0n) is 18.4. The highest BCUT2D eigenvalue weighted by Crippen LogP contribution is 2.09. The Labute approximate surface area is 182 Å². The fourth-order valence-electron chi connectivity index (χ4n) is 3.10. The zero-order chi connectivity index (χ0) is 23.4. The van der Waals surface area contributed by atoms with E-state index in [9.17, 15) is 18.8 Å². The molecule has 0 unspecified atom stereocenters. The maximum atomic E-state index is 13.2. The maximum absolute atomic E-state index is 13.2. The van der Waals surface area contributed by atoms with Crippen molar-refractivity contribution in [3.8, 4) is 0 Å². The van der Waals surface area contributed by atoms with Crippen molar-refractivity contribution < 1.29 is 18.8 Å². The molecule has 0 aliphatic heterocycles. The number of guanidine groups is 1. The highest BCUT2D eigenvalue weighted by Gasteiger charge is 2.28. The van der Waals surface area contributed by atoms with Crippen LogP contribution in [0.2, 0.25) is 0 Å². The van der Waals surface area contributed by atoms with Gasteiger partial charge in [0.05, 0.1) is 0 Å². The molecule has 0 heterocycles. The van der Waals surface area contributed by atoms with Gasteiger partial charge in [-0.3, -0.25) is 19.4 Å². The first-order valence-corrected chi connectivity index (χ1v) is 10.3. The van der Waals surface area contributed by atoms with Gasteiger partial charge in [-0.25, -0.2) is 4.39 Å². The standard InChI is InChI=1S/C21H33FN6O3/c1-4-28(5-2)20(31)18(13-15-8-10-16(22)11-9-15)27-19(30)17(26-14(3)29)7-6-12-25-21(23)24/h8-11,17-18H,4-7,12-13H2,1-3H3,(H,26,29)(H,27,30)(H4,23,24,25)/t17-,18-/m0/s1. The van der Waals surface area contributed by atoms with Gasteiger partial charge in [0.25, 0.3) is 0 Å². The van der Waals surface area contributed by atoms with Crippen LogP contribution >= 0.6 is 0 Å². The Morgan fingerprint density at radius 1 is 1.06 bits per heavy atom. The SMILES string of the molecule is CCN(CC)C(=O)[C@H](Cc1ccc(F)cc1)NC(=O)[C@H](CCCN=C(N)N)NC(C)=O. The lowest BCUT2D eigenvalue weighted by Crippen LogP contribution is -2.55. The van der Waals surface area contributed by atoms with Crippen molar-refractivity contribution in [2.24, 2.45) is 16.5 Å². The first-order chi connectivity index (χ1) is 14.7. The number of rotatable bonds is 12. The molecule has 0 aromatic heterocycles. The number of aliphatic imine (C=N–C) groups is 1. The quantitative estimate of drug-likeness (QED) is 0.211. The van der Waals surface area contributed by atoms with Gasteiger partial charge < -0.3 is 27.0 Å². The minimum Gasteiger partial charge on any atom is -0.370 e. The number of nitrogens with two attached hydrogens (primary N) is 2. The van der Waals surface area contributed by atoms with Gasteiger partial charge in [0.2, 0.25) is 17.7 Å². The molecule has 0 fully saturated rings. The molecule has 9 nitrogen and oxygen atoms in total. The highest BCUT2D eigenvalue weighted by molar-refractivity contribution is 5.92. The summed E-state index contributed by atoms with van der Waals surface area (Å²) in [5.74, 6) is -1.53. The minimum absolute atomic E-state index is 0.0512. The second-order valence-corrected chi connectivity index (χ2v) is 7.10. The van der Waals surface area contributed by atoms with E-state index in [1.165, 1.54) is 19.1 Å². The van der Waals surface area contributed by atoms with E-state index in [2.05, 4.69) is 15.6 Å². The van der Waals surface area contributed by atoms with E-state index in [-0.39, 0.29) is 30.0 Å². The van der Waals surface area contributed by atoms with Gasteiger partial charge in [0.1, 0.15) is 17.9 Å². The summed E-state index contributed by atoms with van der Waals surface area (Å²) >= 11 is 0. The van der Waals surface area contributed by atoms with E-state index < -0.39 is 18.0 Å². The summed E-state index contributed by atoms with van der Waals surface area (Å²) in [7, 11) is 0. The number of halogens is 1. The van der Waals surface area contributed by atoms with E-state index >= 15 is 0 Å². The van der Waals surface area contributed by atoms with Crippen molar-refractivity contribution in [1.29, 1.82) is 0 Å². The Bertz CT molecular complexity index is 761. The summed E-state index contributed by atoms with van der Waals surface area (Å²) in [6.07, 6.45) is 0.954. The van der Waals surface area contributed by atoms with Crippen LogP contribution in [0.5, 0.6) is 0 Å². The Morgan fingerprint density at radius 3 is 2.19 bits per heavy atom. The largest absolute Gasteiger partial charge is 0.370 e. The molecule has 1 aromatic rings. The second-order valence-electron chi connectivity index (χ2n) is 7.10. The molecule has 0 radical (unpaired) electrons. The van der Waals surface area contributed by atoms with Crippen LogP contribution in [0.1, 0.15) is 39.2 Å². The number of nitrogens with zero attached hydrogens (tertiary/aromatic N) is 2. The summed E-state index contributed by atoms with van der Waals surface area (Å²) in [6, 6.07) is 4.06. The van der Waals surface area contributed by atoms with Crippen molar-refractivity contribution >= 4 is 23.7 Å². The zero-order valence-corrected chi connectivity index (χ0v) is 18.4. The Balaban J connectivity index is 2.99. The summed E-state index contributed by atoms with van der Waals surface area (Å²) in [5, 5.41) is 5.36. The van der Waals surface area contributed by atoms with Gasteiger partial charge in [0.15, 0.2) is 5.96 Å². The van der Waals surface area contributed by atoms with Crippen LogP contribution in [0, 0.1) is 5.82 Å². The third kappa shape index (κ3) is 9.45. The number of hydrogen-bond donors (Lipinski definition) is 4. The summed E-state index contributed by atoms with van der Waals surface area (Å²) in [5.41, 5.74) is 11.3. The summed E-state index contributed by atoms with van der Waals surface area (Å²) in [6.45, 7) is 6.29. The molecular formula is C21H33FN6O3. The van der Waals surface area contributed by atoms with Crippen LogP contribution in [0.25, 0.3) is 0 Å². The summed E-state index contributed by atoms with van der Waals surface area (Å²) in [4.78, 5) is 43.0. The lowest BCUT2D eigenvalue weighted by Gasteiger charge is -2.27. The number of benzene rings is 1. The van der Waals surface area contributed by atoms with Gasteiger partial charge >= 0.3 is 0 Å². The average molecular weight is 437 g/mol. The molecule has 0 saturated heterocycles. The molecule has 2 atom stereocenters. The van der Waals surface area contributed by atoms with Gasteiger partial charge in [-0.05, 0) is 44.4 Å². The molecule has 0 spiro atoms. The number of carbonyl (C=O) groups excluding carboxylic acids is 3. The highest BCUT2D eigenvalue weighted by atomic mass is 19.1. The Hall–Kier alpha value is -3.17. The topological polar surface area (TPSA) is 143 Å². The number of nitrogens with one attached hydrogen (secondary N) is 2. The predicted octanol–water partition coefficient (Wildman–Crippen LogP) is 0.280. The van der Waals surface area contributed by atoms with E-state index in [0.717, 1.165) is 0 Å². The van der Waals surface area contributed by atoms with Gasteiger partial charge in [-0.2, -0.15) is 0 Å². The van der Waals surface area contributed by atoms with Crippen LogP contribution < -0.4 is 22.1 Å². The minimum atomic E-state index is -0.855. The van der Waals surface area contributed by atoms with Crippen molar-refractivity contribution in [1.82, 2.24) is 15.5 Å². The monoisotopic (exact) mass is 436 g/mol. The number of amides is 3. The fourth-order valence-corrected chi connectivity index (χ4v) is 3.10. The van der Waals surface area contributed by atoms with E-state index in [0.29, 0.717) is 38.0 Å². The fraction of sp³-hybridized carbons (Fsp3) is 0.524. The summed E-state index contributed by atoms with van der Waals surface area (Å²) < 4.78 is 13.2. The van der Waals surface area contributed by atoms with E-state index in [4.69, 9.17) is 11.5 Å². The number of carbonyl (C=O) groups is 3. The van der Waals surface area contributed by atoms with Gasteiger partial charge in [-0.1, -0.05) is 12.1 Å². The first-order valence-electron chi connectivity index (χ1n) is 10.3. The molecule has 0 bridgehead atoms. The average Bonchev–Trinajstić information content (AvgIpc) is 2.71. The van der Waals surface area contributed by atoms with E-state index in [1.807, 2.05) is 13.8 Å². The normalized spacial score (nSPS) is 12.4. The smallest absolute Gasteiger partial charge is 0.245 e. The van der Waals surface area contributed by atoms with Crippen molar-refractivity contribution in [2.45, 2.75) is 52.1 Å². The lowest BCUT2D eigenvalue weighted by atomic mass is 10.0. The lowest BCUT2D eigenvalue weighted by molar-refractivity contribution is -0.137. The van der Waals surface area contributed by atoms with Crippen molar-refractivity contribution in [3.05, 3.63) is 35.6 Å². The molecule has 0 aliphatic carbocycles. The Morgan fingerprint density at radius 2 is 1.68 bits per heavy atom. The van der Waals surface area contributed by atoms with Crippen LogP contribution in [-0.4, -0.2) is 60.3 Å². The third-order valence-electron chi connectivity index (χ3n) is 4.68. The molecule has 1 aromatic carbocycles. The molecule has 6 N–H and O–H groups in total. The Kier molecular flexibility index (Phi) is 11.0. The predicted molar refractivity (Wildman–Crippen MR) is 117 cm³/mol. The van der Waals surface area contributed by atoms with Crippen LogP contribution in [-0.2, 0) is 20.8 Å². The molecular weight excluding hydrogens is 403 g/mol. The first kappa shape index (κ1) is 25.9. The van der Waals surface area contributed by atoms with Crippen LogP contribution in [0.4, 0.5) is 4.39 Å².